The summed E-state index contributed by atoms with van der Waals surface area (Å²) in [6.45, 7) is 2.62. The van der Waals surface area contributed by atoms with Crippen molar-refractivity contribution in [3.8, 4) is 5.75 Å². The topological polar surface area (TPSA) is 88.8 Å². The van der Waals surface area contributed by atoms with E-state index in [1.807, 2.05) is 4.90 Å². The van der Waals surface area contributed by atoms with Crippen LogP contribution in [0.2, 0.25) is 0 Å². The van der Waals surface area contributed by atoms with Crippen LogP contribution in [0.4, 0.5) is 13.2 Å². The number of amides is 1. The van der Waals surface area contributed by atoms with Crippen LogP contribution >= 0.6 is 0 Å². The first kappa shape index (κ1) is 24.2. The van der Waals surface area contributed by atoms with Crippen molar-refractivity contribution in [3.05, 3.63) is 64.2 Å². The second kappa shape index (κ2) is 9.51. The molecule has 1 atom stereocenters. The van der Waals surface area contributed by atoms with Crippen LogP contribution in [-0.2, 0) is 28.3 Å². The minimum atomic E-state index is -4.54. The lowest BCUT2D eigenvalue weighted by atomic mass is 10.1. The molecule has 0 aliphatic carbocycles. The molecular weight excluding hydrogens is 495 g/mol. The number of carbonyl (C=O) groups is 1. The molecule has 12 heteroatoms. The molecule has 36 heavy (non-hydrogen) atoms. The Morgan fingerprint density at radius 3 is 2.67 bits per heavy atom. The number of fused-ring (bicyclic) bond motifs is 1. The third kappa shape index (κ3) is 4.65. The van der Waals surface area contributed by atoms with E-state index in [9.17, 15) is 22.2 Å². The monoisotopic (exact) mass is 517 g/mol. The fourth-order valence-corrected chi connectivity index (χ4v) is 5.47. The predicted octanol–water partition coefficient (Wildman–Crippen LogP) is 3.00. The Bertz CT molecular complexity index is 1420. The molecular formula is C24H22F3N5O3S. The number of rotatable bonds is 4. The Hall–Kier alpha value is -3.51. The van der Waals surface area contributed by atoms with E-state index in [2.05, 4.69) is 15.4 Å². The number of hydrogen-bond acceptors (Lipinski definition) is 6. The van der Waals surface area contributed by atoms with Crippen molar-refractivity contribution in [2.45, 2.75) is 12.7 Å². The first-order valence-corrected chi connectivity index (χ1v) is 12.3. The maximum atomic E-state index is 13.6. The lowest BCUT2D eigenvalue weighted by Gasteiger charge is -2.27. The fourth-order valence-electron chi connectivity index (χ4n) is 4.24. The Morgan fingerprint density at radius 2 is 1.94 bits per heavy atom. The molecule has 188 valence electrons. The lowest BCUT2D eigenvalue weighted by Crippen LogP contribution is -2.47. The third-order valence-corrected chi connectivity index (χ3v) is 7.44. The van der Waals surface area contributed by atoms with Gasteiger partial charge in [0.25, 0.3) is 5.91 Å². The zero-order valence-corrected chi connectivity index (χ0v) is 20.0. The van der Waals surface area contributed by atoms with Crippen LogP contribution in [0.15, 0.2) is 52.5 Å². The van der Waals surface area contributed by atoms with E-state index in [1.54, 1.807) is 30.5 Å². The number of methoxy groups -OCH3 is 1. The highest BCUT2D eigenvalue weighted by Crippen LogP contribution is 2.35. The van der Waals surface area contributed by atoms with Crippen LogP contribution in [0.3, 0.4) is 0 Å². The summed E-state index contributed by atoms with van der Waals surface area (Å²) in [4.78, 5) is 18.4. The number of amidine groups is 1. The van der Waals surface area contributed by atoms with Gasteiger partial charge in [0, 0.05) is 31.6 Å². The SMILES string of the molecule is COc1ccc(Cn2ncc3cc(C=C4C(=O)N=C(N5CCNCC5)S4=O)ccc32)c(C(F)(F)F)c1. The largest absolute Gasteiger partial charge is 0.497 e. The summed E-state index contributed by atoms with van der Waals surface area (Å²) in [7, 11) is -0.358. The number of nitrogens with zero attached hydrogens (tertiary/aromatic N) is 4. The number of piperazine rings is 1. The quantitative estimate of drug-likeness (QED) is 0.536. The number of aromatic nitrogens is 2. The van der Waals surface area contributed by atoms with Crippen molar-refractivity contribution in [1.82, 2.24) is 20.0 Å². The zero-order chi connectivity index (χ0) is 25.4. The van der Waals surface area contributed by atoms with Gasteiger partial charge in [-0.2, -0.15) is 23.3 Å². The van der Waals surface area contributed by atoms with Crippen LogP contribution in [-0.4, -0.2) is 63.3 Å². The van der Waals surface area contributed by atoms with Crippen molar-refractivity contribution >= 4 is 38.9 Å². The fraction of sp³-hybridized carbons (Fsp3) is 0.292. The molecule has 0 bridgehead atoms. The van der Waals surface area contributed by atoms with Crippen molar-refractivity contribution in [2.75, 3.05) is 33.3 Å². The van der Waals surface area contributed by atoms with E-state index in [0.29, 0.717) is 29.6 Å². The van der Waals surface area contributed by atoms with Crippen molar-refractivity contribution < 1.29 is 26.9 Å². The Labute approximate surface area is 206 Å². The molecule has 2 aromatic carbocycles. The number of benzene rings is 2. The van der Waals surface area contributed by atoms with E-state index < -0.39 is 28.4 Å². The molecule has 8 nitrogen and oxygen atoms in total. The molecule has 1 aromatic heterocycles. The van der Waals surface area contributed by atoms with E-state index in [-0.39, 0.29) is 27.9 Å². The molecule has 1 saturated heterocycles. The molecule has 0 radical (unpaired) electrons. The van der Waals surface area contributed by atoms with Gasteiger partial charge in [-0.05, 0) is 41.5 Å². The number of nitrogens with one attached hydrogen (secondary N) is 1. The van der Waals surface area contributed by atoms with Gasteiger partial charge in [-0.15, -0.1) is 0 Å². The molecule has 1 fully saturated rings. The van der Waals surface area contributed by atoms with Crippen LogP contribution in [0.25, 0.3) is 17.0 Å². The molecule has 0 saturated carbocycles. The van der Waals surface area contributed by atoms with E-state index >= 15 is 0 Å². The number of alkyl halides is 3. The normalized spacial score (nSPS) is 19.8. The van der Waals surface area contributed by atoms with Gasteiger partial charge in [-0.3, -0.25) is 9.48 Å². The molecule has 0 spiro atoms. The minimum Gasteiger partial charge on any atom is -0.497 e. The molecule has 2 aliphatic rings. The number of aliphatic imine (C=N–C) groups is 1. The Kier molecular flexibility index (Phi) is 6.39. The third-order valence-electron chi connectivity index (χ3n) is 6.07. The second-order valence-corrected chi connectivity index (χ2v) is 9.70. The van der Waals surface area contributed by atoms with Crippen LogP contribution in [0, 0.1) is 0 Å². The average molecular weight is 518 g/mol. The number of hydrogen-bond donors (Lipinski definition) is 1. The van der Waals surface area contributed by atoms with Gasteiger partial charge in [0.05, 0.1) is 30.9 Å². The highest BCUT2D eigenvalue weighted by Gasteiger charge is 2.35. The summed E-state index contributed by atoms with van der Waals surface area (Å²) < 4.78 is 60.2. The summed E-state index contributed by atoms with van der Waals surface area (Å²) in [6, 6.07) is 9.00. The Morgan fingerprint density at radius 1 is 1.17 bits per heavy atom. The standard InChI is InChI=1S/C24H22F3N5O3S/c1-35-18-4-3-16(19(12-18)24(25,26)27)14-32-20-5-2-15(10-17(20)13-29-32)11-21-22(33)30-23(36(21)34)31-8-6-28-7-9-31/h2-5,10-13,28H,6-9,14H2,1H3. The van der Waals surface area contributed by atoms with Crippen LogP contribution in [0.5, 0.6) is 5.75 Å². The van der Waals surface area contributed by atoms with Crippen molar-refractivity contribution in [3.63, 3.8) is 0 Å². The predicted molar refractivity (Wildman–Crippen MR) is 130 cm³/mol. The Balaban J connectivity index is 1.41. The maximum absolute atomic E-state index is 13.6. The van der Waals surface area contributed by atoms with Gasteiger partial charge in [0.2, 0.25) is 5.17 Å². The first-order chi connectivity index (χ1) is 17.2. The second-order valence-electron chi connectivity index (χ2n) is 8.36. The zero-order valence-electron chi connectivity index (χ0n) is 19.2. The molecule has 1 amide bonds. The summed E-state index contributed by atoms with van der Waals surface area (Å²) in [5.41, 5.74) is 0.520. The number of halogens is 3. The highest BCUT2D eigenvalue weighted by atomic mass is 32.2. The van der Waals surface area contributed by atoms with Gasteiger partial charge in [0.15, 0.2) is 0 Å². The molecule has 3 heterocycles. The number of ether oxygens (including phenoxy) is 1. The highest BCUT2D eigenvalue weighted by molar-refractivity contribution is 8.05. The van der Waals surface area contributed by atoms with Gasteiger partial charge in [-0.25, -0.2) is 4.21 Å². The molecule has 1 unspecified atom stereocenters. The van der Waals surface area contributed by atoms with Gasteiger partial charge in [0.1, 0.15) is 21.5 Å². The summed E-state index contributed by atoms with van der Waals surface area (Å²) in [6.07, 6.45) is -1.45. The average Bonchev–Trinajstić information content (AvgIpc) is 3.39. The van der Waals surface area contributed by atoms with Crippen molar-refractivity contribution in [1.29, 1.82) is 0 Å². The van der Waals surface area contributed by atoms with Crippen LogP contribution < -0.4 is 10.1 Å². The molecule has 3 aromatic rings. The van der Waals surface area contributed by atoms with E-state index in [1.165, 1.54) is 23.9 Å². The van der Waals surface area contributed by atoms with Gasteiger partial charge >= 0.3 is 6.18 Å². The maximum Gasteiger partial charge on any atom is 0.416 e. The van der Waals surface area contributed by atoms with Gasteiger partial charge < -0.3 is 15.0 Å². The summed E-state index contributed by atoms with van der Waals surface area (Å²) in [5, 5.41) is 8.42. The smallest absolute Gasteiger partial charge is 0.416 e. The molecule has 5 rings (SSSR count). The molecule has 1 N–H and O–H groups in total. The minimum absolute atomic E-state index is 0.0593. The van der Waals surface area contributed by atoms with E-state index in [0.717, 1.165) is 19.2 Å². The van der Waals surface area contributed by atoms with E-state index in [4.69, 9.17) is 4.74 Å². The summed E-state index contributed by atoms with van der Waals surface area (Å²) in [5.74, 6) is -0.408. The van der Waals surface area contributed by atoms with Crippen molar-refractivity contribution in [2.24, 2.45) is 4.99 Å². The first-order valence-electron chi connectivity index (χ1n) is 11.2. The van der Waals surface area contributed by atoms with Crippen LogP contribution in [0.1, 0.15) is 16.7 Å². The lowest BCUT2D eigenvalue weighted by molar-refractivity contribution is -0.138. The number of carbonyl (C=O) groups excluding carboxylic acids is 1. The van der Waals surface area contributed by atoms with Gasteiger partial charge in [-0.1, -0.05) is 12.1 Å². The summed E-state index contributed by atoms with van der Waals surface area (Å²) >= 11 is 0. The molecule has 2 aliphatic heterocycles.